The summed E-state index contributed by atoms with van der Waals surface area (Å²) in [5.41, 5.74) is 2.65. The maximum absolute atomic E-state index is 13.0. The van der Waals surface area contributed by atoms with Crippen molar-refractivity contribution in [1.29, 1.82) is 0 Å². The lowest BCUT2D eigenvalue weighted by molar-refractivity contribution is 0.628. The van der Waals surface area contributed by atoms with Gasteiger partial charge in [0.2, 0.25) is 0 Å². The van der Waals surface area contributed by atoms with Gasteiger partial charge in [-0.05, 0) is 36.4 Å². The molecule has 0 fully saturated rings. The van der Waals surface area contributed by atoms with Crippen LogP contribution >= 0.6 is 0 Å². The molecular formula is C19H12FN3O. The predicted molar refractivity (Wildman–Crippen MR) is 91.0 cm³/mol. The molecule has 0 aliphatic rings. The Labute approximate surface area is 136 Å². The van der Waals surface area contributed by atoms with Crippen molar-refractivity contribution in [3.8, 4) is 22.6 Å². The molecule has 0 atom stereocenters. The average Bonchev–Trinajstić information content (AvgIpc) is 2.63. The molecule has 2 aromatic heterocycles. The molecule has 1 N–H and O–H groups in total. The molecular weight excluding hydrogens is 305 g/mol. The van der Waals surface area contributed by atoms with Gasteiger partial charge >= 0.3 is 0 Å². The number of fused-ring (bicyclic) bond motifs is 1. The maximum Gasteiger partial charge on any atom is 0.277 e. The van der Waals surface area contributed by atoms with Crippen molar-refractivity contribution in [1.82, 2.24) is 15.0 Å². The van der Waals surface area contributed by atoms with E-state index >= 15 is 0 Å². The summed E-state index contributed by atoms with van der Waals surface area (Å²) in [5, 5.41) is 0. The molecule has 0 saturated carbocycles. The van der Waals surface area contributed by atoms with E-state index in [1.807, 2.05) is 30.3 Å². The molecule has 2 heterocycles. The molecule has 4 aromatic rings. The van der Waals surface area contributed by atoms with E-state index in [-0.39, 0.29) is 16.9 Å². The van der Waals surface area contributed by atoms with Crippen LogP contribution in [-0.2, 0) is 0 Å². The first-order valence-electron chi connectivity index (χ1n) is 7.43. The van der Waals surface area contributed by atoms with Crippen molar-refractivity contribution < 1.29 is 4.39 Å². The van der Waals surface area contributed by atoms with Gasteiger partial charge in [0.15, 0.2) is 5.52 Å². The van der Waals surface area contributed by atoms with Gasteiger partial charge in [-0.3, -0.25) is 4.79 Å². The first-order valence-corrected chi connectivity index (χ1v) is 7.43. The van der Waals surface area contributed by atoms with E-state index in [0.717, 1.165) is 11.1 Å². The Bertz CT molecular complexity index is 1070. The Hall–Kier alpha value is -3.34. The Morgan fingerprint density at radius 1 is 0.792 bits per heavy atom. The summed E-state index contributed by atoms with van der Waals surface area (Å²) >= 11 is 0. The van der Waals surface area contributed by atoms with Gasteiger partial charge in [0.05, 0.1) is 11.2 Å². The predicted octanol–water partition coefficient (Wildman–Crippen LogP) is 3.79. The quantitative estimate of drug-likeness (QED) is 0.612. The lowest BCUT2D eigenvalue weighted by Crippen LogP contribution is -2.11. The first kappa shape index (κ1) is 14.3. The van der Waals surface area contributed by atoms with Crippen LogP contribution in [0.1, 0.15) is 0 Å². The fourth-order valence-electron chi connectivity index (χ4n) is 2.54. The van der Waals surface area contributed by atoms with Crippen LogP contribution in [0.4, 0.5) is 4.39 Å². The van der Waals surface area contributed by atoms with Gasteiger partial charge < -0.3 is 4.98 Å². The zero-order valence-electron chi connectivity index (χ0n) is 12.5. The second-order valence-electron chi connectivity index (χ2n) is 5.35. The molecule has 0 spiro atoms. The number of nitrogens with one attached hydrogen (secondary N) is 1. The summed E-state index contributed by atoms with van der Waals surface area (Å²) in [4.78, 5) is 24.0. The largest absolute Gasteiger partial charge is 0.305 e. The van der Waals surface area contributed by atoms with Gasteiger partial charge in [0.25, 0.3) is 5.56 Å². The molecule has 24 heavy (non-hydrogen) atoms. The number of nitrogens with zero attached hydrogens (tertiary/aromatic N) is 2. The molecule has 4 nitrogen and oxygen atoms in total. The van der Waals surface area contributed by atoms with E-state index in [1.54, 1.807) is 24.3 Å². The summed E-state index contributed by atoms with van der Waals surface area (Å²) in [7, 11) is 0. The minimum Gasteiger partial charge on any atom is -0.305 e. The zero-order valence-corrected chi connectivity index (χ0v) is 12.5. The van der Waals surface area contributed by atoms with Crippen LogP contribution in [0.5, 0.6) is 0 Å². The highest BCUT2D eigenvalue weighted by atomic mass is 19.1. The zero-order chi connectivity index (χ0) is 16.5. The van der Waals surface area contributed by atoms with Gasteiger partial charge in [-0.1, -0.05) is 30.3 Å². The van der Waals surface area contributed by atoms with Crippen LogP contribution in [0.2, 0.25) is 0 Å². The number of rotatable bonds is 2. The van der Waals surface area contributed by atoms with Crippen molar-refractivity contribution in [3.63, 3.8) is 0 Å². The van der Waals surface area contributed by atoms with Crippen LogP contribution in [-0.4, -0.2) is 15.0 Å². The monoisotopic (exact) mass is 317 g/mol. The molecule has 5 heteroatoms. The lowest BCUT2D eigenvalue weighted by atomic mass is 10.1. The molecule has 0 saturated heterocycles. The van der Waals surface area contributed by atoms with E-state index in [9.17, 15) is 9.18 Å². The lowest BCUT2D eigenvalue weighted by Gasteiger charge is -2.05. The van der Waals surface area contributed by atoms with Crippen LogP contribution in [0.3, 0.4) is 0 Å². The van der Waals surface area contributed by atoms with Crippen molar-refractivity contribution in [2.24, 2.45) is 0 Å². The van der Waals surface area contributed by atoms with Gasteiger partial charge in [0.1, 0.15) is 11.6 Å². The highest BCUT2D eigenvalue weighted by Gasteiger charge is 2.09. The number of halogens is 1. The fraction of sp³-hybridized carbons (Fsp3) is 0. The van der Waals surface area contributed by atoms with Crippen molar-refractivity contribution >= 4 is 11.0 Å². The van der Waals surface area contributed by atoms with E-state index in [0.29, 0.717) is 17.0 Å². The molecule has 116 valence electrons. The Kier molecular flexibility index (Phi) is 3.39. The molecule has 0 aliphatic carbocycles. The summed E-state index contributed by atoms with van der Waals surface area (Å²) in [6.45, 7) is 0. The summed E-state index contributed by atoms with van der Waals surface area (Å²) < 4.78 is 13.0. The highest BCUT2D eigenvalue weighted by Crippen LogP contribution is 2.20. The van der Waals surface area contributed by atoms with Crippen LogP contribution in [0.25, 0.3) is 33.7 Å². The second kappa shape index (κ2) is 5.70. The number of hydrogen-bond acceptors (Lipinski definition) is 3. The molecule has 2 aromatic carbocycles. The normalized spacial score (nSPS) is 10.9. The van der Waals surface area contributed by atoms with E-state index < -0.39 is 0 Å². The van der Waals surface area contributed by atoms with Crippen molar-refractivity contribution in [3.05, 3.63) is 82.9 Å². The minimum atomic E-state index is -0.313. The summed E-state index contributed by atoms with van der Waals surface area (Å²) in [5.74, 6) is 0.191. The van der Waals surface area contributed by atoms with Gasteiger partial charge in [-0.15, -0.1) is 0 Å². The third kappa shape index (κ3) is 2.56. The molecule has 0 aliphatic heterocycles. The highest BCUT2D eigenvalue weighted by molar-refractivity contribution is 5.78. The van der Waals surface area contributed by atoms with E-state index in [4.69, 9.17) is 0 Å². The number of pyridine rings is 1. The molecule has 0 radical (unpaired) electrons. The molecule has 4 rings (SSSR count). The van der Waals surface area contributed by atoms with Gasteiger partial charge in [-0.25, -0.2) is 14.4 Å². The number of H-pyrrole nitrogens is 1. The van der Waals surface area contributed by atoms with E-state index in [1.165, 1.54) is 12.1 Å². The SMILES string of the molecule is O=c1[nH]c(-c2ccccc2)nc2ccc(-c3ccc(F)cc3)nc12. The standard InChI is InChI=1S/C19H12FN3O/c20-14-8-6-12(7-9-14)15-10-11-16-17(21-15)19(24)23-18(22-16)13-4-2-1-3-5-13/h1-11H,(H,22,23,24). The van der Waals surface area contributed by atoms with Crippen LogP contribution < -0.4 is 5.56 Å². The number of aromatic nitrogens is 3. The molecule has 0 bridgehead atoms. The number of aromatic amines is 1. The Morgan fingerprint density at radius 3 is 2.29 bits per heavy atom. The van der Waals surface area contributed by atoms with E-state index in [2.05, 4.69) is 15.0 Å². The van der Waals surface area contributed by atoms with Crippen molar-refractivity contribution in [2.75, 3.05) is 0 Å². The summed E-state index contributed by atoms with van der Waals surface area (Å²) in [6.07, 6.45) is 0. The summed E-state index contributed by atoms with van der Waals surface area (Å²) in [6, 6.07) is 18.9. The third-order valence-corrected chi connectivity index (χ3v) is 3.74. The number of benzene rings is 2. The Morgan fingerprint density at radius 2 is 1.54 bits per heavy atom. The minimum absolute atomic E-state index is 0.261. The Balaban J connectivity index is 1.85. The van der Waals surface area contributed by atoms with Crippen LogP contribution in [0, 0.1) is 5.82 Å². The topological polar surface area (TPSA) is 58.6 Å². The second-order valence-corrected chi connectivity index (χ2v) is 5.35. The number of hydrogen-bond donors (Lipinski definition) is 1. The van der Waals surface area contributed by atoms with Crippen LogP contribution in [0.15, 0.2) is 71.5 Å². The fourth-order valence-corrected chi connectivity index (χ4v) is 2.54. The van der Waals surface area contributed by atoms with Gasteiger partial charge in [-0.2, -0.15) is 0 Å². The van der Waals surface area contributed by atoms with Gasteiger partial charge in [0, 0.05) is 11.1 Å². The average molecular weight is 317 g/mol. The molecule has 0 amide bonds. The maximum atomic E-state index is 13.0. The smallest absolute Gasteiger partial charge is 0.277 e. The van der Waals surface area contributed by atoms with Crippen molar-refractivity contribution in [2.45, 2.75) is 0 Å². The first-order chi connectivity index (χ1) is 11.7. The third-order valence-electron chi connectivity index (χ3n) is 3.74. The molecule has 0 unspecified atom stereocenters.